The van der Waals surface area contributed by atoms with E-state index in [1.807, 2.05) is 8.57 Å². The summed E-state index contributed by atoms with van der Waals surface area (Å²) in [6.45, 7) is 10.6. The van der Waals surface area contributed by atoms with Crippen LogP contribution in [-0.2, 0) is 24.4 Å². The molecule has 2 amide bonds. The molecular weight excluding hydrogens is 595 g/mol. The fourth-order valence-corrected chi connectivity index (χ4v) is 4.29. The summed E-state index contributed by atoms with van der Waals surface area (Å²) < 4.78 is 17.8. The van der Waals surface area contributed by atoms with E-state index in [1.54, 1.807) is 47.9 Å². The quantitative estimate of drug-likeness (QED) is 0.272. The van der Waals surface area contributed by atoms with Gasteiger partial charge in [0.05, 0.1) is 0 Å². The Morgan fingerprint density at radius 2 is 1.71 bits per heavy atom. The molecule has 0 spiro atoms. The van der Waals surface area contributed by atoms with Gasteiger partial charge in [0.1, 0.15) is 0 Å². The summed E-state index contributed by atoms with van der Waals surface area (Å²) in [6.07, 6.45) is 3.92. The summed E-state index contributed by atoms with van der Waals surface area (Å²) in [6, 6.07) is 0. The smallest absolute Gasteiger partial charge is 0.0253 e. The van der Waals surface area contributed by atoms with Crippen molar-refractivity contribution < 1.29 is 28.6 Å². The molecule has 0 aromatic carbocycles. The van der Waals surface area contributed by atoms with Crippen LogP contribution in [0, 0.1) is 5.92 Å². The first-order chi connectivity index (χ1) is 14.2. The van der Waals surface area contributed by atoms with Gasteiger partial charge in [-0.25, -0.2) is 0 Å². The Balaban J connectivity index is 2.07. The van der Waals surface area contributed by atoms with Crippen LogP contribution in [0.2, 0.25) is 0 Å². The first-order valence-corrected chi connectivity index (χ1v) is 12.3. The van der Waals surface area contributed by atoms with Gasteiger partial charge in [-0.3, -0.25) is 0 Å². The number of carbonyl (C=O) groups is 3. The molecule has 0 aliphatic heterocycles. The number of ether oxygens (including phenoxy) is 3. The van der Waals surface area contributed by atoms with Crippen molar-refractivity contribution in [3.8, 4) is 0 Å². The number of hydrogen-bond acceptors (Lipinski definition) is 7. The van der Waals surface area contributed by atoms with Crippen LogP contribution in [0.4, 0.5) is 9.59 Å². The van der Waals surface area contributed by atoms with Gasteiger partial charge in [0.15, 0.2) is 0 Å². The van der Waals surface area contributed by atoms with E-state index in [2.05, 4.69) is 4.98 Å². The van der Waals surface area contributed by atoms with Gasteiger partial charge >= 0.3 is 159 Å². The van der Waals surface area contributed by atoms with E-state index in [-0.39, 0.29) is 18.4 Å². The van der Waals surface area contributed by atoms with Crippen molar-refractivity contribution in [3.63, 3.8) is 0 Å². The van der Waals surface area contributed by atoms with Crippen LogP contribution in [0.5, 0.6) is 0 Å². The molecule has 0 saturated heterocycles. The maximum atomic E-state index is 12.6. The van der Waals surface area contributed by atoms with Gasteiger partial charge in [-0.05, 0) is 41.5 Å². The fourth-order valence-electron chi connectivity index (χ4n) is 3.48. The summed E-state index contributed by atoms with van der Waals surface area (Å²) in [5.74, 6) is -0.253. The zero-order valence-corrected chi connectivity index (χ0v) is 23.9. The Hall–Kier alpha value is -1.66. The molecule has 1 aliphatic rings. The SMILES string of the molecule is COC(=O)C1(c2c[n]([Tl])cn2)CC1CCCN(C(=O)OC(C)(C)C)C(=O)OC(C)(C)C. The van der Waals surface area contributed by atoms with Crippen LogP contribution in [0.1, 0.15) is 66.5 Å². The van der Waals surface area contributed by atoms with Crippen molar-refractivity contribution in [3.05, 3.63) is 18.2 Å². The second kappa shape index (κ2) is 9.45. The van der Waals surface area contributed by atoms with Crippen molar-refractivity contribution in [1.29, 1.82) is 0 Å². The fraction of sp³-hybridized carbons (Fsp3) is 0.714. The van der Waals surface area contributed by atoms with Crippen molar-refractivity contribution in [1.82, 2.24) is 12.3 Å². The summed E-state index contributed by atoms with van der Waals surface area (Å²) >= 11 is 0.564. The summed E-state index contributed by atoms with van der Waals surface area (Å²) in [5, 5.41) is 0. The number of hydrogen-bond donors (Lipinski definition) is 0. The first kappa shape index (κ1) is 25.6. The molecule has 31 heavy (non-hydrogen) atoms. The minimum atomic E-state index is -0.743. The molecule has 0 bridgehead atoms. The minimum Gasteiger partial charge on any atom is -0.0253 e. The standard InChI is InChI=1S/C21H32N3O6.Tl/c1-19(2,3)29-17(26)24(18(27)30-20(4,5)6)10-8-9-14-11-21(14,16(25)28-7)15-12-22-13-23-15;/h12-14H,8-11H2,1-7H3;/q-1;+1. The number of imidazole rings is 1. The van der Waals surface area contributed by atoms with E-state index in [0.29, 0.717) is 45.3 Å². The van der Waals surface area contributed by atoms with E-state index in [9.17, 15) is 14.4 Å². The average molecular weight is 627 g/mol. The molecule has 1 heterocycles. The molecule has 1 saturated carbocycles. The summed E-state index contributed by atoms with van der Waals surface area (Å²) in [7, 11) is 1.38. The zero-order chi connectivity index (χ0) is 23.6. The van der Waals surface area contributed by atoms with Gasteiger partial charge in [0.25, 0.3) is 0 Å². The van der Waals surface area contributed by atoms with Gasteiger partial charge in [0, 0.05) is 0 Å². The number of aromatic nitrogens is 2. The third-order valence-electron chi connectivity index (χ3n) is 4.88. The second-order valence-electron chi connectivity index (χ2n) is 9.82. The molecule has 9 nitrogen and oxygen atoms in total. The van der Waals surface area contributed by atoms with Gasteiger partial charge in [0.2, 0.25) is 0 Å². The third kappa shape index (κ3) is 6.66. The topological polar surface area (TPSA) is 100.0 Å². The molecule has 1 aromatic rings. The predicted molar refractivity (Wildman–Crippen MR) is 114 cm³/mol. The first-order valence-electron chi connectivity index (χ1n) is 10.3. The van der Waals surface area contributed by atoms with E-state index < -0.39 is 28.8 Å². The van der Waals surface area contributed by atoms with E-state index in [4.69, 9.17) is 14.2 Å². The van der Waals surface area contributed by atoms with Gasteiger partial charge in [-0.2, -0.15) is 0 Å². The Morgan fingerprint density at radius 3 is 2.13 bits per heavy atom. The molecule has 2 rings (SSSR count). The van der Waals surface area contributed by atoms with Crippen LogP contribution in [0.15, 0.2) is 12.5 Å². The van der Waals surface area contributed by atoms with E-state index in [1.165, 1.54) is 7.11 Å². The molecule has 10 heteroatoms. The molecule has 2 atom stereocenters. The molecule has 1 aromatic heterocycles. The van der Waals surface area contributed by atoms with Crippen LogP contribution in [-0.4, -0.2) is 81.3 Å². The molecular formula is C21H32N3O6Tl. The molecule has 170 valence electrons. The van der Waals surface area contributed by atoms with Crippen LogP contribution in [0.3, 0.4) is 0 Å². The number of esters is 1. The van der Waals surface area contributed by atoms with Crippen molar-refractivity contribution in [2.75, 3.05) is 13.7 Å². The number of amides is 2. The molecule has 0 radical (unpaired) electrons. The predicted octanol–water partition coefficient (Wildman–Crippen LogP) is 3.20. The minimum absolute atomic E-state index is 0.0407. The van der Waals surface area contributed by atoms with Crippen molar-refractivity contribution >= 4 is 44.2 Å². The number of nitrogens with zero attached hydrogens (tertiary/aromatic N) is 3. The molecule has 0 N–H and O–H groups in total. The van der Waals surface area contributed by atoms with Crippen molar-refractivity contribution in [2.45, 2.75) is 77.4 Å². The number of carbonyl (C=O) groups excluding carboxylic acids is 3. The maximum absolute atomic E-state index is 12.6. The Labute approximate surface area is 199 Å². The average Bonchev–Trinajstić information content (AvgIpc) is 3.17. The summed E-state index contributed by atoms with van der Waals surface area (Å²) in [5.41, 5.74) is -1.49. The number of methoxy groups -OCH3 is 1. The van der Waals surface area contributed by atoms with Crippen LogP contribution in [0.25, 0.3) is 0 Å². The van der Waals surface area contributed by atoms with Gasteiger partial charge in [-0.1, -0.05) is 0 Å². The Bertz CT molecular complexity index is 798. The number of rotatable bonds is 6. The molecule has 1 fully saturated rings. The van der Waals surface area contributed by atoms with Crippen LogP contribution >= 0.6 is 0 Å². The third-order valence-corrected chi connectivity index (χ3v) is 5.97. The summed E-state index contributed by atoms with van der Waals surface area (Å²) in [4.78, 5) is 43.1. The molecule has 2 unspecified atom stereocenters. The van der Waals surface area contributed by atoms with Gasteiger partial charge in [-0.15, -0.1) is 0 Å². The number of imide groups is 1. The molecule has 1 aliphatic carbocycles. The van der Waals surface area contributed by atoms with E-state index >= 15 is 0 Å². The second-order valence-corrected chi connectivity index (χ2v) is 12.1. The van der Waals surface area contributed by atoms with E-state index in [0.717, 1.165) is 10.6 Å². The zero-order valence-electron chi connectivity index (χ0n) is 19.4. The normalized spacial score (nSPS) is 20.6. The van der Waals surface area contributed by atoms with Gasteiger partial charge < -0.3 is 0 Å². The van der Waals surface area contributed by atoms with Crippen molar-refractivity contribution in [2.24, 2.45) is 5.92 Å². The monoisotopic (exact) mass is 627 g/mol. The van der Waals surface area contributed by atoms with Crippen LogP contribution < -0.4 is 0 Å². The Morgan fingerprint density at radius 1 is 1.16 bits per heavy atom. The Kier molecular flexibility index (Phi) is 7.81.